The average molecular weight is 244 g/mol. The van der Waals surface area contributed by atoms with Gasteiger partial charge >= 0.3 is 0 Å². The minimum atomic E-state index is 0.526. The highest BCUT2D eigenvalue weighted by Gasteiger charge is 2.31. The Hall–Kier alpha value is 0.270. The van der Waals surface area contributed by atoms with Gasteiger partial charge < -0.3 is 11.1 Å². The molecule has 1 aliphatic carbocycles. The third-order valence-corrected chi connectivity index (χ3v) is 4.47. The van der Waals surface area contributed by atoms with Crippen LogP contribution in [-0.2, 0) is 0 Å². The first-order chi connectivity index (χ1) is 7.57. The molecule has 1 aliphatic rings. The number of thioether (sulfide) groups is 1. The molecule has 0 aromatic heterocycles. The Morgan fingerprint density at radius 3 is 2.75 bits per heavy atom. The second kappa shape index (κ2) is 6.87. The van der Waals surface area contributed by atoms with Crippen molar-refractivity contribution in [3.05, 3.63) is 0 Å². The van der Waals surface area contributed by atoms with Gasteiger partial charge in [-0.25, -0.2) is 0 Å². The van der Waals surface area contributed by atoms with Crippen molar-refractivity contribution in [2.75, 3.05) is 18.1 Å². The van der Waals surface area contributed by atoms with Crippen molar-refractivity contribution in [1.29, 1.82) is 0 Å². The van der Waals surface area contributed by atoms with Gasteiger partial charge in [0.2, 0.25) is 0 Å². The number of nitrogens with one attached hydrogen (secondary N) is 1. The van der Waals surface area contributed by atoms with Crippen molar-refractivity contribution in [3.63, 3.8) is 0 Å². The molecular weight excluding hydrogens is 216 g/mol. The monoisotopic (exact) mass is 244 g/mol. The third kappa shape index (κ3) is 5.07. The number of rotatable bonds is 7. The van der Waals surface area contributed by atoms with E-state index in [4.69, 9.17) is 5.73 Å². The average Bonchev–Trinajstić information content (AvgIpc) is 2.57. The molecule has 1 saturated carbocycles. The van der Waals surface area contributed by atoms with E-state index in [0.717, 1.165) is 6.54 Å². The van der Waals surface area contributed by atoms with Crippen LogP contribution in [0.1, 0.15) is 46.5 Å². The van der Waals surface area contributed by atoms with Crippen molar-refractivity contribution < 1.29 is 0 Å². The summed E-state index contributed by atoms with van der Waals surface area (Å²) in [4.78, 5) is 0. The van der Waals surface area contributed by atoms with Crippen molar-refractivity contribution in [2.24, 2.45) is 11.1 Å². The maximum Gasteiger partial charge on any atom is 0.0200 e. The minimum absolute atomic E-state index is 0.526. The number of nitrogens with two attached hydrogens (primary N) is 1. The summed E-state index contributed by atoms with van der Waals surface area (Å²) >= 11 is 2.01. The molecule has 2 nitrogen and oxygen atoms in total. The second-order valence-electron chi connectivity index (χ2n) is 5.69. The van der Waals surface area contributed by atoms with Crippen LogP contribution in [0.4, 0.5) is 0 Å². The molecule has 0 spiro atoms. The second-order valence-corrected chi connectivity index (χ2v) is 7.08. The highest BCUT2D eigenvalue weighted by atomic mass is 32.2. The van der Waals surface area contributed by atoms with Gasteiger partial charge in [-0.3, -0.25) is 0 Å². The summed E-state index contributed by atoms with van der Waals surface area (Å²) in [6.07, 6.45) is 5.20. The molecule has 96 valence electrons. The van der Waals surface area contributed by atoms with Gasteiger partial charge in [0, 0.05) is 18.6 Å². The van der Waals surface area contributed by atoms with E-state index in [1.807, 2.05) is 11.8 Å². The van der Waals surface area contributed by atoms with Crippen LogP contribution in [-0.4, -0.2) is 30.1 Å². The molecule has 0 aromatic rings. The molecule has 2 atom stereocenters. The van der Waals surface area contributed by atoms with Crippen LogP contribution >= 0.6 is 11.8 Å². The van der Waals surface area contributed by atoms with Crippen LogP contribution in [0.25, 0.3) is 0 Å². The Morgan fingerprint density at radius 2 is 2.25 bits per heavy atom. The third-order valence-electron chi connectivity index (χ3n) is 3.54. The molecule has 3 N–H and O–H groups in total. The van der Waals surface area contributed by atoms with E-state index in [0.29, 0.717) is 17.5 Å². The lowest BCUT2D eigenvalue weighted by Crippen LogP contribution is -2.42. The molecule has 3 heteroatoms. The quantitative estimate of drug-likeness (QED) is 0.676. The van der Waals surface area contributed by atoms with Gasteiger partial charge in [-0.15, -0.1) is 0 Å². The van der Waals surface area contributed by atoms with Crippen LogP contribution in [0.2, 0.25) is 0 Å². The summed E-state index contributed by atoms with van der Waals surface area (Å²) in [5.74, 6) is 2.45. The van der Waals surface area contributed by atoms with E-state index in [1.165, 1.54) is 37.2 Å². The molecule has 1 fully saturated rings. The first-order valence-corrected chi connectivity index (χ1v) is 7.76. The minimum Gasteiger partial charge on any atom is -0.329 e. The van der Waals surface area contributed by atoms with Crippen molar-refractivity contribution in [3.8, 4) is 0 Å². The fourth-order valence-corrected chi connectivity index (χ4v) is 3.29. The van der Waals surface area contributed by atoms with Crippen molar-refractivity contribution in [1.82, 2.24) is 5.32 Å². The lowest BCUT2D eigenvalue weighted by molar-refractivity contribution is 0.350. The standard InChI is InChI=1S/C13H28N2S/c1-4-16-8-6-12(10-14)15-11-5-7-13(2,3)9-11/h11-12,15H,4-10,14H2,1-3H3. The highest BCUT2D eigenvalue weighted by molar-refractivity contribution is 7.99. The molecule has 0 radical (unpaired) electrons. The van der Waals surface area contributed by atoms with Crippen LogP contribution in [0.15, 0.2) is 0 Å². The molecule has 0 amide bonds. The van der Waals surface area contributed by atoms with Gasteiger partial charge in [0.25, 0.3) is 0 Å². The number of hydrogen-bond acceptors (Lipinski definition) is 3. The van der Waals surface area contributed by atoms with Crippen molar-refractivity contribution >= 4 is 11.8 Å². The van der Waals surface area contributed by atoms with E-state index in [9.17, 15) is 0 Å². The zero-order valence-electron chi connectivity index (χ0n) is 11.1. The zero-order valence-corrected chi connectivity index (χ0v) is 11.9. The Labute approximate surface area is 105 Å². The van der Waals surface area contributed by atoms with Gasteiger partial charge in [-0.2, -0.15) is 11.8 Å². The maximum absolute atomic E-state index is 5.83. The SMILES string of the molecule is CCSCCC(CN)NC1CCC(C)(C)C1. The Bertz CT molecular complexity index is 194. The summed E-state index contributed by atoms with van der Waals surface area (Å²) in [7, 11) is 0. The van der Waals surface area contributed by atoms with Crippen LogP contribution in [0.5, 0.6) is 0 Å². The van der Waals surface area contributed by atoms with E-state index >= 15 is 0 Å². The number of hydrogen-bond donors (Lipinski definition) is 2. The van der Waals surface area contributed by atoms with Gasteiger partial charge in [0.15, 0.2) is 0 Å². The Balaban J connectivity index is 2.23. The Kier molecular flexibility index (Phi) is 6.16. The first kappa shape index (κ1) is 14.3. The molecular formula is C13H28N2S. The molecule has 1 rings (SSSR count). The van der Waals surface area contributed by atoms with Gasteiger partial charge in [-0.1, -0.05) is 20.8 Å². The summed E-state index contributed by atoms with van der Waals surface area (Å²) in [6.45, 7) is 7.74. The molecule has 0 saturated heterocycles. The van der Waals surface area contributed by atoms with Crippen LogP contribution < -0.4 is 11.1 Å². The largest absolute Gasteiger partial charge is 0.329 e. The van der Waals surface area contributed by atoms with Gasteiger partial charge in [0.05, 0.1) is 0 Å². The molecule has 0 heterocycles. The Morgan fingerprint density at radius 1 is 1.50 bits per heavy atom. The zero-order chi connectivity index (χ0) is 12.0. The summed E-state index contributed by atoms with van der Waals surface area (Å²) in [5, 5.41) is 3.74. The van der Waals surface area contributed by atoms with Crippen LogP contribution in [0.3, 0.4) is 0 Å². The van der Waals surface area contributed by atoms with E-state index in [-0.39, 0.29) is 0 Å². The first-order valence-electron chi connectivity index (χ1n) is 6.61. The predicted molar refractivity (Wildman–Crippen MR) is 75.0 cm³/mol. The summed E-state index contributed by atoms with van der Waals surface area (Å²) in [5.41, 5.74) is 6.37. The van der Waals surface area contributed by atoms with Crippen LogP contribution in [0, 0.1) is 5.41 Å². The topological polar surface area (TPSA) is 38.0 Å². The molecule has 0 aliphatic heterocycles. The fraction of sp³-hybridized carbons (Fsp3) is 1.00. The highest BCUT2D eigenvalue weighted by Crippen LogP contribution is 2.37. The molecule has 16 heavy (non-hydrogen) atoms. The van der Waals surface area contributed by atoms with Gasteiger partial charge in [-0.05, 0) is 42.6 Å². The van der Waals surface area contributed by atoms with Crippen molar-refractivity contribution in [2.45, 2.75) is 58.5 Å². The maximum atomic E-state index is 5.83. The predicted octanol–water partition coefficient (Wildman–Crippen LogP) is 2.63. The summed E-state index contributed by atoms with van der Waals surface area (Å²) < 4.78 is 0. The molecule has 0 aromatic carbocycles. The van der Waals surface area contributed by atoms with E-state index in [2.05, 4.69) is 26.1 Å². The normalized spacial score (nSPS) is 25.9. The van der Waals surface area contributed by atoms with E-state index < -0.39 is 0 Å². The smallest absolute Gasteiger partial charge is 0.0200 e. The van der Waals surface area contributed by atoms with Gasteiger partial charge in [0.1, 0.15) is 0 Å². The fourth-order valence-electron chi connectivity index (χ4n) is 2.55. The molecule has 2 unspecified atom stereocenters. The summed E-state index contributed by atoms with van der Waals surface area (Å²) in [6, 6.07) is 1.23. The lowest BCUT2D eigenvalue weighted by atomic mass is 9.92. The molecule has 0 bridgehead atoms. The van der Waals surface area contributed by atoms with E-state index in [1.54, 1.807) is 0 Å². The lowest BCUT2D eigenvalue weighted by Gasteiger charge is -2.23.